The molecule has 7 heteroatoms. The van der Waals surface area contributed by atoms with E-state index in [1.54, 1.807) is 42.4 Å². The Labute approximate surface area is 161 Å². The Bertz CT molecular complexity index is 976. The summed E-state index contributed by atoms with van der Waals surface area (Å²) in [6.07, 6.45) is 1.67. The van der Waals surface area contributed by atoms with Gasteiger partial charge in [-0.2, -0.15) is 5.26 Å². The number of nitrogens with zero attached hydrogens (tertiary/aromatic N) is 4. The van der Waals surface area contributed by atoms with Gasteiger partial charge in [0.25, 0.3) is 5.91 Å². The number of pyridine rings is 1. The topological polar surface area (TPSA) is 83.0 Å². The minimum Gasteiger partial charge on any atom is -0.361 e. The monoisotopic (exact) mass is 378 g/mol. The zero-order valence-electron chi connectivity index (χ0n) is 15.0. The highest BCUT2D eigenvalue weighted by atomic mass is 32.2. The number of benzene rings is 1. The number of amides is 1. The van der Waals surface area contributed by atoms with Crippen LogP contribution in [0, 0.1) is 18.3 Å². The Balaban J connectivity index is 1.70. The van der Waals surface area contributed by atoms with Crippen LogP contribution in [0.15, 0.2) is 58.2 Å². The maximum atomic E-state index is 12.9. The van der Waals surface area contributed by atoms with E-state index in [1.807, 2.05) is 25.1 Å². The molecule has 0 bridgehead atoms. The molecule has 0 atom stereocenters. The van der Waals surface area contributed by atoms with E-state index in [0.29, 0.717) is 28.5 Å². The Morgan fingerprint density at radius 3 is 2.74 bits per heavy atom. The van der Waals surface area contributed by atoms with Gasteiger partial charge in [0.2, 0.25) is 0 Å². The first-order valence-electron chi connectivity index (χ1n) is 8.31. The summed E-state index contributed by atoms with van der Waals surface area (Å²) in [6, 6.07) is 14.7. The van der Waals surface area contributed by atoms with Gasteiger partial charge in [-0.05, 0) is 36.8 Å². The van der Waals surface area contributed by atoms with Gasteiger partial charge >= 0.3 is 0 Å². The largest absolute Gasteiger partial charge is 0.361 e. The molecule has 0 unspecified atom stereocenters. The molecule has 3 rings (SSSR count). The van der Waals surface area contributed by atoms with Gasteiger partial charge < -0.3 is 9.42 Å². The van der Waals surface area contributed by atoms with Crippen LogP contribution in [0.3, 0.4) is 0 Å². The van der Waals surface area contributed by atoms with Crippen LogP contribution >= 0.6 is 11.8 Å². The number of aromatic nitrogens is 2. The summed E-state index contributed by atoms with van der Waals surface area (Å²) in [5.74, 6) is 1.23. The summed E-state index contributed by atoms with van der Waals surface area (Å²) >= 11 is 1.45. The predicted octanol–water partition coefficient (Wildman–Crippen LogP) is 3.81. The highest BCUT2D eigenvalue weighted by Crippen LogP contribution is 2.25. The molecule has 2 heterocycles. The molecule has 3 aromatic rings. The average molecular weight is 378 g/mol. The molecule has 0 radical (unpaired) electrons. The van der Waals surface area contributed by atoms with Crippen LogP contribution in [0.5, 0.6) is 0 Å². The summed E-state index contributed by atoms with van der Waals surface area (Å²) in [4.78, 5) is 18.9. The number of carbonyl (C=O) groups excluding carboxylic acids is 1. The highest BCUT2D eigenvalue weighted by Gasteiger charge is 2.17. The Hall–Kier alpha value is -3.11. The first-order valence-corrected chi connectivity index (χ1v) is 9.30. The van der Waals surface area contributed by atoms with E-state index >= 15 is 0 Å². The number of rotatable bonds is 6. The van der Waals surface area contributed by atoms with Gasteiger partial charge in [0, 0.05) is 31.6 Å². The van der Waals surface area contributed by atoms with E-state index < -0.39 is 0 Å². The first kappa shape index (κ1) is 18.7. The number of nitriles is 1. The molecule has 1 amide bonds. The molecule has 0 aliphatic carbocycles. The standard InChI is InChI=1S/C20H18N4O2S/c1-14-10-17(23-26-14)13-27-19-18(4-3-9-22-19)20(25)24(2)12-16-7-5-15(11-21)6-8-16/h3-10H,12-13H2,1-2H3. The number of hydrogen-bond donors (Lipinski definition) is 0. The highest BCUT2D eigenvalue weighted by molar-refractivity contribution is 7.98. The van der Waals surface area contributed by atoms with Crippen molar-refractivity contribution in [3.8, 4) is 6.07 Å². The van der Waals surface area contributed by atoms with Crippen molar-refractivity contribution in [3.63, 3.8) is 0 Å². The van der Waals surface area contributed by atoms with E-state index in [2.05, 4.69) is 16.2 Å². The van der Waals surface area contributed by atoms with Gasteiger partial charge in [-0.15, -0.1) is 0 Å². The fourth-order valence-electron chi connectivity index (χ4n) is 2.53. The molecule has 136 valence electrons. The van der Waals surface area contributed by atoms with Crippen molar-refractivity contribution in [1.82, 2.24) is 15.0 Å². The smallest absolute Gasteiger partial charge is 0.256 e. The maximum Gasteiger partial charge on any atom is 0.256 e. The Morgan fingerprint density at radius 1 is 1.30 bits per heavy atom. The number of aryl methyl sites for hydroxylation is 1. The van der Waals surface area contributed by atoms with E-state index in [1.165, 1.54) is 11.8 Å². The summed E-state index contributed by atoms with van der Waals surface area (Å²) in [6.45, 7) is 2.29. The minimum atomic E-state index is -0.105. The van der Waals surface area contributed by atoms with E-state index in [9.17, 15) is 4.79 Å². The third kappa shape index (κ3) is 4.74. The molecule has 1 aromatic carbocycles. The van der Waals surface area contributed by atoms with Crippen LogP contribution in [0.25, 0.3) is 0 Å². The molecular weight excluding hydrogens is 360 g/mol. The lowest BCUT2D eigenvalue weighted by molar-refractivity contribution is 0.0781. The second kappa shape index (κ2) is 8.52. The molecule has 0 N–H and O–H groups in total. The lowest BCUT2D eigenvalue weighted by Crippen LogP contribution is -2.26. The van der Waals surface area contributed by atoms with Gasteiger partial charge in [-0.25, -0.2) is 4.98 Å². The normalized spacial score (nSPS) is 10.4. The van der Waals surface area contributed by atoms with Gasteiger partial charge in [0.05, 0.1) is 22.9 Å². The molecule has 0 saturated carbocycles. The van der Waals surface area contributed by atoms with Crippen molar-refractivity contribution >= 4 is 17.7 Å². The summed E-state index contributed by atoms with van der Waals surface area (Å²) in [5.41, 5.74) is 2.93. The molecule has 2 aromatic heterocycles. The fourth-order valence-corrected chi connectivity index (χ4v) is 3.40. The molecule has 0 fully saturated rings. The quantitative estimate of drug-likeness (QED) is 0.607. The lowest BCUT2D eigenvalue weighted by atomic mass is 10.1. The first-order chi connectivity index (χ1) is 13.1. The van der Waals surface area contributed by atoms with Crippen LogP contribution in [0.2, 0.25) is 0 Å². The molecule has 0 saturated heterocycles. The maximum absolute atomic E-state index is 12.9. The van der Waals surface area contributed by atoms with Gasteiger partial charge in [-0.1, -0.05) is 29.1 Å². The van der Waals surface area contributed by atoms with Gasteiger partial charge in [0.1, 0.15) is 10.8 Å². The van der Waals surface area contributed by atoms with E-state index in [0.717, 1.165) is 17.0 Å². The van der Waals surface area contributed by atoms with Crippen LogP contribution in [-0.2, 0) is 12.3 Å². The molecular formula is C20H18N4O2S. The zero-order valence-corrected chi connectivity index (χ0v) is 15.9. The number of thioether (sulfide) groups is 1. The van der Waals surface area contributed by atoms with Crippen molar-refractivity contribution in [2.45, 2.75) is 24.2 Å². The van der Waals surface area contributed by atoms with Gasteiger partial charge in [-0.3, -0.25) is 4.79 Å². The molecule has 0 spiro atoms. The summed E-state index contributed by atoms with van der Waals surface area (Å²) in [5, 5.41) is 13.5. The second-order valence-corrected chi connectivity index (χ2v) is 7.01. The summed E-state index contributed by atoms with van der Waals surface area (Å²) < 4.78 is 5.07. The van der Waals surface area contributed by atoms with Crippen molar-refractivity contribution in [3.05, 3.63) is 76.8 Å². The predicted molar refractivity (Wildman–Crippen MR) is 102 cm³/mol. The van der Waals surface area contributed by atoms with E-state index in [-0.39, 0.29) is 5.91 Å². The van der Waals surface area contributed by atoms with Crippen LogP contribution in [0.4, 0.5) is 0 Å². The second-order valence-electron chi connectivity index (χ2n) is 6.04. The summed E-state index contributed by atoms with van der Waals surface area (Å²) in [7, 11) is 1.75. The Kier molecular flexibility index (Phi) is 5.89. The average Bonchev–Trinajstić information content (AvgIpc) is 3.12. The van der Waals surface area contributed by atoms with Crippen molar-refractivity contribution in [2.24, 2.45) is 0 Å². The van der Waals surface area contributed by atoms with Crippen molar-refractivity contribution < 1.29 is 9.32 Å². The van der Waals surface area contributed by atoms with Crippen molar-refractivity contribution in [2.75, 3.05) is 7.05 Å². The molecule has 0 aliphatic heterocycles. The number of carbonyl (C=O) groups is 1. The lowest BCUT2D eigenvalue weighted by Gasteiger charge is -2.18. The third-order valence-electron chi connectivity index (χ3n) is 3.88. The van der Waals surface area contributed by atoms with Crippen molar-refractivity contribution in [1.29, 1.82) is 5.26 Å². The number of hydrogen-bond acceptors (Lipinski definition) is 6. The fraction of sp³-hybridized carbons (Fsp3) is 0.200. The van der Waals surface area contributed by atoms with Crippen LogP contribution in [0.1, 0.15) is 32.9 Å². The molecule has 0 aliphatic rings. The minimum absolute atomic E-state index is 0.105. The Morgan fingerprint density at radius 2 is 2.07 bits per heavy atom. The van der Waals surface area contributed by atoms with Gasteiger partial charge in [0.15, 0.2) is 0 Å². The molecule has 27 heavy (non-hydrogen) atoms. The SMILES string of the molecule is Cc1cc(CSc2ncccc2C(=O)N(C)Cc2ccc(C#N)cc2)no1. The third-order valence-corrected chi connectivity index (χ3v) is 4.92. The van der Waals surface area contributed by atoms with Crippen LogP contribution < -0.4 is 0 Å². The zero-order chi connectivity index (χ0) is 19.2. The van der Waals surface area contributed by atoms with E-state index in [4.69, 9.17) is 9.78 Å². The molecule has 6 nitrogen and oxygen atoms in total. The van der Waals surface area contributed by atoms with Crippen LogP contribution in [-0.4, -0.2) is 28.0 Å².